The normalized spacial score (nSPS) is 15.3. The highest BCUT2D eigenvalue weighted by Gasteiger charge is 2.25. The summed E-state index contributed by atoms with van der Waals surface area (Å²) in [4.78, 5) is 3.25. The van der Waals surface area contributed by atoms with Crippen molar-refractivity contribution in [2.75, 3.05) is 11.9 Å². The Labute approximate surface area is 151 Å². The lowest BCUT2D eigenvalue weighted by molar-refractivity contribution is 0.112. The summed E-state index contributed by atoms with van der Waals surface area (Å²) in [7, 11) is 0. The van der Waals surface area contributed by atoms with Crippen molar-refractivity contribution < 1.29 is 4.74 Å². The first-order valence-electron chi connectivity index (χ1n) is 8.70. The minimum absolute atomic E-state index is 0.0408. The predicted octanol–water partition coefficient (Wildman–Crippen LogP) is 4.31. The zero-order chi connectivity index (χ0) is 17.3. The first-order valence-corrected chi connectivity index (χ1v) is 8.70. The maximum atomic E-state index is 6.03. The van der Waals surface area contributed by atoms with E-state index in [0.29, 0.717) is 13.2 Å². The lowest BCUT2D eigenvalue weighted by atomic mass is 10.0. The second-order valence-electron chi connectivity index (χ2n) is 6.47. The first-order chi connectivity index (χ1) is 12.9. The van der Waals surface area contributed by atoms with E-state index in [1.807, 2.05) is 42.7 Å². The monoisotopic (exact) mass is 342 g/mol. The summed E-state index contributed by atoms with van der Waals surface area (Å²) >= 11 is 0. The highest BCUT2D eigenvalue weighted by Crippen LogP contribution is 2.41. The van der Waals surface area contributed by atoms with Gasteiger partial charge >= 0.3 is 0 Å². The van der Waals surface area contributed by atoms with Crippen LogP contribution in [0.5, 0.6) is 0 Å². The van der Waals surface area contributed by atoms with Crippen LogP contribution in [0.25, 0.3) is 22.2 Å². The minimum atomic E-state index is 0.0408. The third kappa shape index (κ3) is 2.53. The fraction of sp³-hybridized carbons (Fsp3) is 0.143. The zero-order valence-corrected chi connectivity index (χ0v) is 14.1. The summed E-state index contributed by atoms with van der Waals surface area (Å²) in [6.45, 7) is 1.16. The Kier molecular flexibility index (Phi) is 3.65. The van der Waals surface area contributed by atoms with Crippen molar-refractivity contribution in [2.45, 2.75) is 12.6 Å². The van der Waals surface area contributed by atoms with Crippen molar-refractivity contribution >= 4 is 16.7 Å². The number of aromatic nitrogens is 3. The number of aromatic amines is 1. The molecule has 5 heteroatoms. The average Bonchev–Trinajstić information content (AvgIpc) is 3.07. The first kappa shape index (κ1) is 15.1. The summed E-state index contributed by atoms with van der Waals surface area (Å²) in [5.41, 5.74) is 6.47. The summed E-state index contributed by atoms with van der Waals surface area (Å²) in [6, 6.07) is 18.6. The predicted molar refractivity (Wildman–Crippen MR) is 102 cm³/mol. The van der Waals surface area contributed by atoms with Gasteiger partial charge in [-0.25, -0.2) is 0 Å². The molecule has 1 atom stereocenters. The van der Waals surface area contributed by atoms with Crippen LogP contribution in [0.2, 0.25) is 0 Å². The van der Waals surface area contributed by atoms with Gasteiger partial charge in [0.25, 0.3) is 0 Å². The third-order valence-corrected chi connectivity index (χ3v) is 4.82. The second-order valence-corrected chi connectivity index (χ2v) is 6.47. The molecule has 3 heterocycles. The van der Waals surface area contributed by atoms with Gasteiger partial charge in [-0.2, -0.15) is 5.10 Å². The Morgan fingerprint density at radius 3 is 2.73 bits per heavy atom. The number of hydrogen-bond donors (Lipinski definition) is 2. The van der Waals surface area contributed by atoms with Gasteiger partial charge in [0.2, 0.25) is 0 Å². The number of anilines is 1. The van der Waals surface area contributed by atoms with Gasteiger partial charge in [-0.15, -0.1) is 5.10 Å². The Balaban J connectivity index is 1.51. The number of ether oxygens (including phenoxy) is 1. The number of rotatable bonds is 4. The summed E-state index contributed by atoms with van der Waals surface area (Å²) in [5.74, 6) is 0. The van der Waals surface area contributed by atoms with E-state index in [1.165, 1.54) is 5.56 Å². The van der Waals surface area contributed by atoms with Crippen LogP contribution in [0.3, 0.4) is 0 Å². The minimum Gasteiger partial charge on any atom is -0.375 e. The van der Waals surface area contributed by atoms with Crippen molar-refractivity contribution in [1.29, 1.82) is 0 Å². The van der Waals surface area contributed by atoms with Gasteiger partial charge in [-0.1, -0.05) is 48.5 Å². The number of nitrogens with one attached hydrogen (secondary N) is 2. The van der Waals surface area contributed by atoms with Gasteiger partial charge in [-0.3, -0.25) is 0 Å². The molecule has 128 valence electrons. The van der Waals surface area contributed by atoms with E-state index < -0.39 is 0 Å². The molecule has 0 saturated heterocycles. The molecular weight excluding hydrogens is 324 g/mol. The van der Waals surface area contributed by atoms with E-state index in [0.717, 1.165) is 33.4 Å². The Morgan fingerprint density at radius 2 is 1.81 bits per heavy atom. The standard InChI is InChI=1S/C21H18N4O/c1-2-6-14(7-3-1)12-26-13-19-17-10-22-21-20(17)16(11-23-25-21)15-8-4-5-9-18(15)24-19/h1-11,19,24H,12-13H2,(H,22,25). The Bertz CT molecular complexity index is 1060. The Morgan fingerprint density at radius 1 is 0.962 bits per heavy atom. The molecule has 0 fully saturated rings. The van der Waals surface area contributed by atoms with E-state index in [4.69, 9.17) is 4.74 Å². The van der Waals surface area contributed by atoms with E-state index in [-0.39, 0.29) is 6.04 Å². The molecule has 2 aromatic heterocycles. The average molecular weight is 342 g/mol. The van der Waals surface area contributed by atoms with Crippen LogP contribution in [-0.4, -0.2) is 21.8 Å². The lowest BCUT2D eigenvalue weighted by Crippen LogP contribution is -2.16. The molecule has 0 aliphatic carbocycles. The van der Waals surface area contributed by atoms with Gasteiger partial charge in [0.15, 0.2) is 5.65 Å². The van der Waals surface area contributed by atoms with E-state index in [1.54, 1.807) is 0 Å². The van der Waals surface area contributed by atoms with Gasteiger partial charge in [0.1, 0.15) is 0 Å². The van der Waals surface area contributed by atoms with Gasteiger partial charge < -0.3 is 15.0 Å². The quantitative estimate of drug-likeness (QED) is 0.580. The molecule has 0 bridgehead atoms. The van der Waals surface area contributed by atoms with Crippen LogP contribution in [-0.2, 0) is 11.3 Å². The van der Waals surface area contributed by atoms with Crippen molar-refractivity contribution in [3.8, 4) is 11.1 Å². The molecule has 1 aliphatic heterocycles. The number of para-hydroxylation sites is 1. The molecule has 4 aromatic rings. The number of nitrogens with zero attached hydrogens (tertiary/aromatic N) is 2. The van der Waals surface area contributed by atoms with Crippen LogP contribution >= 0.6 is 0 Å². The topological polar surface area (TPSA) is 62.8 Å². The fourth-order valence-electron chi connectivity index (χ4n) is 3.59. The van der Waals surface area contributed by atoms with Crippen LogP contribution in [0, 0.1) is 0 Å². The number of H-pyrrole nitrogens is 1. The van der Waals surface area contributed by atoms with Crippen LogP contribution in [0.1, 0.15) is 17.2 Å². The Hall–Kier alpha value is -3.18. The highest BCUT2D eigenvalue weighted by atomic mass is 16.5. The number of benzene rings is 2. The van der Waals surface area contributed by atoms with Crippen molar-refractivity contribution in [3.63, 3.8) is 0 Å². The SMILES string of the molecule is c1ccc(COCC2Nc3ccccc3-c3cnnc4[nH]cc2c34)cc1. The van der Waals surface area contributed by atoms with Gasteiger partial charge in [0.05, 0.1) is 25.5 Å². The highest BCUT2D eigenvalue weighted by molar-refractivity contribution is 6.00. The maximum absolute atomic E-state index is 6.03. The molecule has 0 amide bonds. The van der Waals surface area contributed by atoms with Gasteiger partial charge in [0, 0.05) is 34.0 Å². The molecule has 1 aliphatic rings. The molecule has 2 N–H and O–H groups in total. The van der Waals surface area contributed by atoms with E-state index in [9.17, 15) is 0 Å². The van der Waals surface area contributed by atoms with E-state index >= 15 is 0 Å². The van der Waals surface area contributed by atoms with Crippen LogP contribution in [0.15, 0.2) is 67.0 Å². The molecule has 1 unspecified atom stereocenters. The third-order valence-electron chi connectivity index (χ3n) is 4.82. The van der Waals surface area contributed by atoms with Crippen molar-refractivity contribution in [3.05, 3.63) is 78.1 Å². The number of hydrogen-bond acceptors (Lipinski definition) is 4. The molecule has 0 radical (unpaired) electrons. The molecule has 0 spiro atoms. The molecule has 5 rings (SSSR count). The molecule has 2 aromatic carbocycles. The largest absolute Gasteiger partial charge is 0.375 e. The van der Waals surface area contributed by atoms with Crippen LogP contribution in [0.4, 0.5) is 5.69 Å². The smallest absolute Gasteiger partial charge is 0.160 e. The zero-order valence-electron chi connectivity index (χ0n) is 14.1. The van der Waals surface area contributed by atoms with Crippen molar-refractivity contribution in [2.24, 2.45) is 0 Å². The van der Waals surface area contributed by atoms with Crippen LogP contribution < -0.4 is 5.32 Å². The number of fused-ring (bicyclic) bond motifs is 2. The fourth-order valence-corrected chi connectivity index (χ4v) is 3.59. The molecule has 0 saturated carbocycles. The second kappa shape index (κ2) is 6.28. The molecular formula is C21H18N4O. The summed E-state index contributed by atoms with van der Waals surface area (Å²) in [6.07, 6.45) is 3.85. The van der Waals surface area contributed by atoms with Crippen molar-refractivity contribution in [1.82, 2.24) is 15.2 Å². The molecule has 26 heavy (non-hydrogen) atoms. The maximum Gasteiger partial charge on any atom is 0.160 e. The molecule has 5 nitrogen and oxygen atoms in total. The van der Waals surface area contributed by atoms with E-state index in [2.05, 4.69) is 44.8 Å². The summed E-state index contributed by atoms with van der Waals surface area (Å²) in [5, 5.41) is 13.2. The lowest BCUT2D eigenvalue weighted by Gasteiger charge is -2.19. The summed E-state index contributed by atoms with van der Waals surface area (Å²) < 4.78 is 6.03. The van der Waals surface area contributed by atoms with Gasteiger partial charge in [-0.05, 0) is 11.6 Å².